The van der Waals surface area contributed by atoms with Crippen LogP contribution < -0.4 is 5.32 Å². The van der Waals surface area contributed by atoms with E-state index in [4.69, 9.17) is 0 Å². The van der Waals surface area contributed by atoms with Crippen LogP contribution in [0.1, 0.15) is 10.5 Å². The number of carbonyl (C=O) groups excluding carboxylic acids is 2. The van der Waals surface area contributed by atoms with Crippen LogP contribution in [0.3, 0.4) is 0 Å². The lowest BCUT2D eigenvalue weighted by atomic mass is 10.2. The molecule has 0 spiro atoms. The quantitative estimate of drug-likeness (QED) is 0.774. The monoisotopic (exact) mass is 280 g/mol. The highest BCUT2D eigenvalue weighted by Crippen LogP contribution is 2.07. The second-order valence-electron chi connectivity index (χ2n) is 4.59. The van der Waals surface area contributed by atoms with E-state index in [1.165, 1.54) is 18.2 Å². The van der Waals surface area contributed by atoms with Gasteiger partial charge in [0.15, 0.2) is 0 Å². The molecule has 0 atom stereocenters. The number of piperazine rings is 1. The lowest BCUT2D eigenvalue weighted by Crippen LogP contribution is -2.51. The molecule has 6 nitrogen and oxygen atoms in total. The number of hydrogen-bond acceptors (Lipinski definition) is 4. The van der Waals surface area contributed by atoms with Crippen molar-refractivity contribution in [2.75, 3.05) is 39.8 Å². The van der Waals surface area contributed by atoms with Crippen molar-refractivity contribution in [3.05, 3.63) is 29.8 Å². The SMILES string of the molecule is CNC(=O)CN1CCN(C(=O)c2cccc(F)n2)CC1. The van der Waals surface area contributed by atoms with Gasteiger partial charge in [0, 0.05) is 33.2 Å². The molecular weight excluding hydrogens is 263 g/mol. The fourth-order valence-electron chi connectivity index (χ4n) is 2.08. The number of likely N-dealkylation sites (N-methyl/N-ethyl adjacent to an activating group) is 1. The molecule has 1 fully saturated rings. The van der Waals surface area contributed by atoms with Gasteiger partial charge in [0.2, 0.25) is 11.9 Å². The van der Waals surface area contributed by atoms with Crippen LogP contribution in [0.4, 0.5) is 4.39 Å². The standard InChI is InChI=1S/C13H17FN4O2/c1-15-12(19)9-17-5-7-18(8-6-17)13(20)10-3-2-4-11(14)16-10/h2-4H,5-9H2,1H3,(H,15,19). The third-order valence-electron chi connectivity index (χ3n) is 3.24. The number of aromatic nitrogens is 1. The molecule has 0 saturated carbocycles. The summed E-state index contributed by atoms with van der Waals surface area (Å²) in [5.41, 5.74) is 0.116. The molecule has 1 aliphatic heterocycles. The Balaban J connectivity index is 1.90. The van der Waals surface area contributed by atoms with E-state index in [1.807, 2.05) is 4.90 Å². The minimum absolute atomic E-state index is 0.0448. The Morgan fingerprint density at radius 2 is 2.00 bits per heavy atom. The van der Waals surface area contributed by atoms with Gasteiger partial charge in [-0.25, -0.2) is 4.98 Å². The summed E-state index contributed by atoms with van der Waals surface area (Å²) in [6, 6.07) is 4.18. The average Bonchev–Trinajstić information content (AvgIpc) is 2.47. The Kier molecular flexibility index (Phi) is 4.62. The lowest BCUT2D eigenvalue weighted by Gasteiger charge is -2.34. The molecule has 2 amide bonds. The predicted octanol–water partition coefficient (Wildman–Crippen LogP) is -0.275. The van der Waals surface area contributed by atoms with Gasteiger partial charge in [-0.2, -0.15) is 4.39 Å². The number of halogens is 1. The van der Waals surface area contributed by atoms with Gasteiger partial charge in [0.25, 0.3) is 5.91 Å². The van der Waals surface area contributed by atoms with E-state index in [0.717, 1.165) is 0 Å². The maximum Gasteiger partial charge on any atom is 0.272 e. The molecule has 20 heavy (non-hydrogen) atoms. The number of amides is 2. The van der Waals surface area contributed by atoms with Crippen molar-refractivity contribution in [2.24, 2.45) is 0 Å². The lowest BCUT2D eigenvalue weighted by molar-refractivity contribution is -0.122. The van der Waals surface area contributed by atoms with E-state index in [1.54, 1.807) is 11.9 Å². The molecule has 0 bridgehead atoms. The van der Waals surface area contributed by atoms with Gasteiger partial charge in [-0.15, -0.1) is 0 Å². The first kappa shape index (κ1) is 14.4. The highest BCUT2D eigenvalue weighted by Gasteiger charge is 2.23. The fraction of sp³-hybridized carbons (Fsp3) is 0.462. The average molecular weight is 280 g/mol. The molecule has 0 radical (unpaired) electrons. The highest BCUT2D eigenvalue weighted by atomic mass is 19.1. The van der Waals surface area contributed by atoms with E-state index in [2.05, 4.69) is 10.3 Å². The topological polar surface area (TPSA) is 65.5 Å². The summed E-state index contributed by atoms with van der Waals surface area (Å²) in [5.74, 6) is -0.977. The molecule has 1 N–H and O–H groups in total. The van der Waals surface area contributed by atoms with Crippen LogP contribution in [0.15, 0.2) is 18.2 Å². The van der Waals surface area contributed by atoms with E-state index in [-0.39, 0.29) is 17.5 Å². The fourth-order valence-corrected chi connectivity index (χ4v) is 2.08. The van der Waals surface area contributed by atoms with Crippen molar-refractivity contribution < 1.29 is 14.0 Å². The Labute approximate surface area is 116 Å². The Morgan fingerprint density at radius 1 is 1.30 bits per heavy atom. The zero-order chi connectivity index (χ0) is 14.5. The zero-order valence-electron chi connectivity index (χ0n) is 11.3. The maximum absolute atomic E-state index is 13.0. The molecule has 7 heteroatoms. The summed E-state index contributed by atoms with van der Waals surface area (Å²) in [4.78, 5) is 30.6. The van der Waals surface area contributed by atoms with Gasteiger partial charge in [0.05, 0.1) is 6.54 Å². The van der Waals surface area contributed by atoms with Crippen LogP contribution in [0, 0.1) is 5.95 Å². The summed E-state index contributed by atoms with van der Waals surface area (Å²) >= 11 is 0. The van der Waals surface area contributed by atoms with Crippen LogP contribution in [0.5, 0.6) is 0 Å². The molecule has 2 rings (SSSR count). The largest absolute Gasteiger partial charge is 0.358 e. The molecule has 0 unspecified atom stereocenters. The van der Waals surface area contributed by atoms with Gasteiger partial charge in [-0.05, 0) is 12.1 Å². The summed E-state index contributed by atoms with van der Waals surface area (Å²) < 4.78 is 13.0. The van der Waals surface area contributed by atoms with Crippen molar-refractivity contribution in [3.63, 3.8) is 0 Å². The van der Waals surface area contributed by atoms with Crippen molar-refractivity contribution in [3.8, 4) is 0 Å². The van der Waals surface area contributed by atoms with Crippen LogP contribution in [0.25, 0.3) is 0 Å². The minimum Gasteiger partial charge on any atom is -0.358 e. The molecular formula is C13H17FN4O2. The summed E-state index contributed by atoms with van der Waals surface area (Å²) in [6.45, 7) is 2.59. The third-order valence-corrected chi connectivity index (χ3v) is 3.24. The maximum atomic E-state index is 13.0. The van der Waals surface area contributed by atoms with Gasteiger partial charge in [0.1, 0.15) is 5.69 Å². The molecule has 0 aliphatic carbocycles. The first-order valence-corrected chi connectivity index (χ1v) is 6.45. The van der Waals surface area contributed by atoms with Crippen LogP contribution in [-0.2, 0) is 4.79 Å². The number of nitrogens with one attached hydrogen (secondary N) is 1. The Morgan fingerprint density at radius 3 is 2.60 bits per heavy atom. The number of carbonyl (C=O) groups is 2. The van der Waals surface area contributed by atoms with Crippen molar-refractivity contribution >= 4 is 11.8 Å². The van der Waals surface area contributed by atoms with Gasteiger partial charge < -0.3 is 10.2 Å². The number of nitrogens with zero attached hydrogens (tertiary/aromatic N) is 3. The summed E-state index contributed by atoms with van der Waals surface area (Å²) in [5, 5.41) is 2.57. The molecule has 1 aliphatic rings. The smallest absolute Gasteiger partial charge is 0.272 e. The van der Waals surface area contributed by atoms with Gasteiger partial charge in [-0.1, -0.05) is 6.07 Å². The van der Waals surface area contributed by atoms with E-state index < -0.39 is 5.95 Å². The number of rotatable bonds is 3. The summed E-state index contributed by atoms with van der Waals surface area (Å²) in [7, 11) is 1.59. The second kappa shape index (κ2) is 6.42. The highest BCUT2D eigenvalue weighted by molar-refractivity contribution is 5.92. The normalized spacial score (nSPS) is 16.0. The molecule has 1 aromatic rings. The van der Waals surface area contributed by atoms with Crippen LogP contribution >= 0.6 is 0 Å². The van der Waals surface area contributed by atoms with E-state index in [9.17, 15) is 14.0 Å². The Bertz CT molecular complexity index is 501. The zero-order valence-corrected chi connectivity index (χ0v) is 11.3. The molecule has 2 heterocycles. The van der Waals surface area contributed by atoms with E-state index in [0.29, 0.717) is 32.7 Å². The van der Waals surface area contributed by atoms with E-state index >= 15 is 0 Å². The van der Waals surface area contributed by atoms with Crippen molar-refractivity contribution in [1.82, 2.24) is 20.1 Å². The molecule has 0 aromatic carbocycles. The second-order valence-corrected chi connectivity index (χ2v) is 4.59. The third kappa shape index (κ3) is 3.51. The van der Waals surface area contributed by atoms with Crippen LogP contribution in [0.2, 0.25) is 0 Å². The molecule has 1 saturated heterocycles. The summed E-state index contributed by atoms with van der Waals surface area (Å²) in [6.07, 6.45) is 0. The minimum atomic E-state index is -0.658. The Hall–Kier alpha value is -2.02. The van der Waals surface area contributed by atoms with Gasteiger partial charge >= 0.3 is 0 Å². The van der Waals surface area contributed by atoms with Crippen LogP contribution in [-0.4, -0.2) is 66.4 Å². The van der Waals surface area contributed by atoms with Crippen molar-refractivity contribution in [2.45, 2.75) is 0 Å². The first-order chi connectivity index (χ1) is 9.60. The predicted molar refractivity (Wildman–Crippen MR) is 70.6 cm³/mol. The van der Waals surface area contributed by atoms with Crippen molar-refractivity contribution in [1.29, 1.82) is 0 Å². The molecule has 108 valence electrons. The number of hydrogen-bond donors (Lipinski definition) is 1. The van der Waals surface area contributed by atoms with Gasteiger partial charge in [-0.3, -0.25) is 14.5 Å². The number of pyridine rings is 1. The molecule has 1 aromatic heterocycles. The first-order valence-electron chi connectivity index (χ1n) is 6.45.